The molecule has 3 aromatic rings. The molecule has 0 aliphatic heterocycles. The molecule has 8 heteroatoms. The molecule has 0 aliphatic carbocycles. The van der Waals surface area contributed by atoms with Crippen LogP contribution in [0.2, 0.25) is 10.0 Å². The molecular formula is C16H10Cl2F3N3. The van der Waals surface area contributed by atoms with Crippen molar-refractivity contribution in [1.29, 1.82) is 0 Å². The summed E-state index contributed by atoms with van der Waals surface area (Å²) < 4.78 is 38.7. The second kappa shape index (κ2) is 6.03. The third-order valence-corrected chi connectivity index (χ3v) is 4.07. The fraction of sp³-hybridized carbons (Fsp3) is 0.0625. The number of nitrogens with two attached hydrogens (primary N) is 1. The Labute approximate surface area is 145 Å². The van der Waals surface area contributed by atoms with Crippen molar-refractivity contribution in [3.8, 4) is 22.4 Å². The van der Waals surface area contributed by atoms with Gasteiger partial charge in [0.2, 0.25) is 0 Å². The van der Waals surface area contributed by atoms with Crippen LogP contribution < -0.4 is 5.73 Å². The van der Waals surface area contributed by atoms with Crippen LogP contribution >= 0.6 is 23.2 Å². The predicted molar refractivity (Wildman–Crippen MR) is 88.9 cm³/mol. The van der Waals surface area contributed by atoms with Crippen LogP contribution in [0.3, 0.4) is 0 Å². The monoisotopic (exact) mass is 371 g/mol. The van der Waals surface area contributed by atoms with Gasteiger partial charge in [0, 0.05) is 11.1 Å². The SMILES string of the molecule is Nc1n[nH]c(-c2ccccc2)c1-c1c(Cl)cc(C(F)(F)F)cc1Cl. The number of hydrogen-bond donors (Lipinski definition) is 2. The summed E-state index contributed by atoms with van der Waals surface area (Å²) in [5.41, 5.74) is 6.81. The van der Waals surface area contributed by atoms with E-state index in [0.717, 1.165) is 17.7 Å². The van der Waals surface area contributed by atoms with E-state index in [-0.39, 0.29) is 21.4 Å². The molecule has 1 aromatic heterocycles. The minimum Gasteiger partial charge on any atom is -0.382 e. The van der Waals surface area contributed by atoms with Crippen molar-refractivity contribution in [2.24, 2.45) is 0 Å². The fourth-order valence-corrected chi connectivity index (χ4v) is 3.07. The molecule has 0 amide bonds. The maximum absolute atomic E-state index is 12.9. The number of hydrogen-bond acceptors (Lipinski definition) is 2. The largest absolute Gasteiger partial charge is 0.416 e. The zero-order valence-electron chi connectivity index (χ0n) is 12.0. The van der Waals surface area contributed by atoms with E-state index in [1.807, 2.05) is 30.3 Å². The molecule has 0 saturated carbocycles. The Hall–Kier alpha value is -2.18. The molecule has 0 saturated heterocycles. The van der Waals surface area contributed by atoms with Gasteiger partial charge in [0.05, 0.1) is 26.9 Å². The van der Waals surface area contributed by atoms with Crippen LogP contribution in [0.1, 0.15) is 5.56 Å². The van der Waals surface area contributed by atoms with E-state index in [9.17, 15) is 13.2 Å². The Balaban J connectivity index is 2.23. The van der Waals surface area contributed by atoms with E-state index in [1.165, 1.54) is 0 Å². The molecule has 3 N–H and O–H groups in total. The highest BCUT2D eigenvalue weighted by atomic mass is 35.5. The van der Waals surface area contributed by atoms with Gasteiger partial charge in [-0.1, -0.05) is 53.5 Å². The molecule has 0 spiro atoms. The van der Waals surface area contributed by atoms with Gasteiger partial charge in [-0.15, -0.1) is 0 Å². The molecule has 3 rings (SSSR count). The predicted octanol–water partition coefficient (Wildman–Crippen LogP) is 5.65. The number of rotatable bonds is 2. The number of nitrogen functional groups attached to an aromatic ring is 1. The van der Waals surface area contributed by atoms with Crippen LogP contribution in [0.25, 0.3) is 22.4 Å². The van der Waals surface area contributed by atoms with E-state index in [2.05, 4.69) is 10.2 Å². The van der Waals surface area contributed by atoms with Crippen molar-refractivity contribution in [2.45, 2.75) is 6.18 Å². The normalized spacial score (nSPS) is 11.7. The summed E-state index contributed by atoms with van der Waals surface area (Å²) >= 11 is 12.2. The minimum absolute atomic E-state index is 0.0948. The van der Waals surface area contributed by atoms with Crippen LogP contribution in [0.5, 0.6) is 0 Å². The number of benzene rings is 2. The Bertz CT molecular complexity index is 866. The van der Waals surface area contributed by atoms with Gasteiger partial charge in [-0.05, 0) is 12.1 Å². The second-order valence-electron chi connectivity index (χ2n) is 5.04. The lowest BCUT2D eigenvalue weighted by Gasteiger charge is -2.13. The third-order valence-electron chi connectivity index (χ3n) is 3.48. The lowest BCUT2D eigenvalue weighted by molar-refractivity contribution is -0.137. The second-order valence-corrected chi connectivity index (χ2v) is 5.85. The van der Waals surface area contributed by atoms with Gasteiger partial charge in [-0.25, -0.2) is 0 Å². The summed E-state index contributed by atoms with van der Waals surface area (Å²) in [6.45, 7) is 0. The van der Waals surface area contributed by atoms with Gasteiger partial charge in [-0.3, -0.25) is 5.10 Å². The van der Waals surface area contributed by atoms with Gasteiger partial charge >= 0.3 is 6.18 Å². The Morgan fingerprint density at radius 2 is 1.54 bits per heavy atom. The highest BCUT2D eigenvalue weighted by molar-refractivity contribution is 6.39. The van der Waals surface area contributed by atoms with Crippen molar-refractivity contribution >= 4 is 29.0 Å². The molecule has 0 bridgehead atoms. The molecule has 1 heterocycles. The van der Waals surface area contributed by atoms with Crippen molar-refractivity contribution in [3.63, 3.8) is 0 Å². The summed E-state index contributed by atoms with van der Waals surface area (Å²) in [6.07, 6.45) is -4.55. The zero-order chi connectivity index (χ0) is 17.5. The van der Waals surface area contributed by atoms with Crippen molar-refractivity contribution in [2.75, 3.05) is 5.73 Å². The van der Waals surface area contributed by atoms with Crippen molar-refractivity contribution in [3.05, 3.63) is 58.1 Å². The summed E-state index contributed by atoms with van der Waals surface area (Å²) in [6, 6.07) is 10.7. The Morgan fingerprint density at radius 3 is 2.08 bits per heavy atom. The number of alkyl halides is 3. The van der Waals surface area contributed by atoms with Gasteiger partial charge in [0.25, 0.3) is 0 Å². The van der Waals surface area contributed by atoms with Gasteiger partial charge in [0.15, 0.2) is 5.82 Å². The summed E-state index contributed by atoms with van der Waals surface area (Å²) in [4.78, 5) is 0. The van der Waals surface area contributed by atoms with Crippen molar-refractivity contribution < 1.29 is 13.2 Å². The van der Waals surface area contributed by atoms with Crippen LogP contribution in [0, 0.1) is 0 Å². The smallest absolute Gasteiger partial charge is 0.382 e. The Morgan fingerprint density at radius 1 is 0.958 bits per heavy atom. The maximum Gasteiger partial charge on any atom is 0.416 e. The van der Waals surface area contributed by atoms with E-state index in [1.54, 1.807) is 0 Å². The quantitative estimate of drug-likeness (QED) is 0.611. The highest BCUT2D eigenvalue weighted by Crippen LogP contribution is 2.45. The van der Waals surface area contributed by atoms with Crippen LogP contribution in [0.15, 0.2) is 42.5 Å². The number of anilines is 1. The van der Waals surface area contributed by atoms with E-state index in [4.69, 9.17) is 28.9 Å². The number of H-pyrrole nitrogens is 1. The zero-order valence-corrected chi connectivity index (χ0v) is 13.5. The highest BCUT2D eigenvalue weighted by Gasteiger charge is 2.33. The number of aromatic amines is 1. The first-order chi connectivity index (χ1) is 11.3. The van der Waals surface area contributed by atoms with Gasteiger partial charge in [0.1, 0.15) is 0 Å². The van der Waals surface area contributed by atoms with Gasteiger partial charge in [-0.2, -0.15) is 18.3 Å². The number of nitrogens with zero attached hydrogens (tertiary/aromatic N) is 1. The average molecular weight is 372 g/mol. The minimum atomic E-state index is -4.55. The Kier molecular flexibility index (Phi) is 4.19. The molecule has 124 valence electrons. The molecule has 0 aliphatic rings. The molecule has 0 atom stereocenters. The molecule has 2 aromatic carbocycles. The topological polar surface area (TPSA) is 54.7 Å². The molecule has 3 nitrogen and oxygen atoms in total. The standard InChI is InChI=1S/C16H10Cl2F3N3/c17-10-6-9(16(19,20)21)7-11(18)12(10)13-14(23-24-15(13)22)8-4-2-1-3-5-8/h1-7H,(H3,22,23,24). The van der Waals surface area contributed by atoms with Crippen LogP contribution in [0.4, 0.5) is 19.0 Å². The summed E-state index contributed by atoms with van der Waals surface area (Å²) in [7, 11) is 0. The average Bonchev–Trinajstić information content (AvgIpc) is 2.88. The van der Waals surface area contributed by atoms with Gasteiger partial charge < -0.3 is 5.73 Å². The van der Waals surface area contributed by atoms with E-state index in [0.29, 0.717) is 11.3 Å². The molecule has 0 unspecified atom stereocenters. The lowest BCUT2D eigenvalue weighted by Crippen LogP contribution is -2.05. The summed E-state index contributed by atoms with van der Waals surface area (Å²) in [5.74, 6) is 0.0948. The number of nitrogens with one attached hydrogen (secondary N) is 1. The lowest BCUT2D eigenvalue weighted by atomic mass is 9.99. The molecule has 0 radical (unpaired) electrons. The van der Waals surface area contributed by atoms with E-state index < -0.39 is 11.7 Å². The third kappa shape index (κ3) is 2.95. The molecule has 0 fully saturated rings. The first-order valence-electron chi connectivity index (χ1n) is 6.75. The number of halogens is 5. The number of aromatic nitrogens is 2. The first kappa shape index (κ1) is 16.7. The fourth-order valence-electron chi connectivity index (χ4n) is 2.40. The van der Waals surface area contributed by atoms with Crippen LogP contribution in [-0.4, -0.2) is 10.2 Å². The van der Waals surface area contributed by atoms with Crippen molar-refractivity contribution in [1.82, 2.24) is 10.2 Å². The molecular weight excluding hydrogens is 362 g/mol. The van der Waals surface area contributed by atoms with E-state index >= 15 is 0 Å². The van der Waals surface area contributed by atoms with Crippen LogP contribution in [-0.2, 0) is 6.18 Å². The summed E-state index contributed by atoms with van der Waals surface area (Å²) in [5, 5.41) is 6.40. The first-order valence-corrected chi connectivity index (χ1v) is 7.50. The molecule has 24 heavy (non-hydrogen) atoms. The maximum atomic E-state index is 12.9.